The number of aromatic nitrogens is 3. The van der Waals surface area contributed by atoms with Crippen molar-refractivity contribution in [3.8, 4) is 0 Å². The van der Waals surface area contributed by atoms with E-state index >= 15 is 0 Å². The smallest absolute Gasteiger partial charge is 0.329 e. The fourth-order valence-electron chi connectivity index (χ4n) is 3.11. The maximum Gasteiger partial charge on any atom is 0.329 e. The van der Waals surface area contributed by atoms with Crippen LogP contribution in [0, 0.1) is 0 Å². The Morgan fingerprint density at radius 1 is 1.35 bits per heavy atom. The summed E-state index contributed by atoms with van der Waals surface area (Å²) in [6.45, 7) is 0. The first-order valence-corrected chi connectivity index (χ1v) is 6.38. The van der Waals surface area contributed by atoms with Gasteiger partial charge in [-0.3, -0.25) is 0 Å². The van der Waals surface area contributed by atoms with Crippen LogP contribution in [0.25, 0.3) is 0 Å². The van der Waals surface area contributed by atoms with Crippen LogP contribution in [0.2, 0.25) is 0 Å². The van der Waals surface area contributed by atoms with Crippen molar-refractivity contribution < 1.29 is 9.90 Å². The van der Waals surface area contributed by atoms with Gasteiger partial charge in [-0.05, 0) is 32.1 Å². The average Bonchev–Trinajstić information content (AvgIpc) is 2.82. The Labute approximate surface area is 99.9 Å². The van der Waals surface area contributed by atoms with E-state index < -0.39 is 11.5 Å². The van der Waals surface area contributed by atoms with Gasteiger partial charge in [-0.15, -0.1) is 10.2 Å². The SMILES string of the molecule is O=C(O)C1(n2cnnc2C2CCCC2)CCC1. The average molecular weight is 235 g/mol. The van der Waals surface area contributed by atoms with Gasteiger partial charge in [0.15, 0.2) is 0 Å². The van der Waals surface area contributed by atoms with Crippen molar-refractivity contribution in [1.29, 1.82) is 0 Å². The molecule has 0 spiro atoms. The van der Waals surface area contributed by atoms with Crippen LogP contribution in [-0.2, 0) is 10.3 Å². The molecule has 0 amide bonds. The molecule has 0 atom stereocenters. The van der Waals surface area contributed by atoms with E-state index in [2.05, 4.69) is 10.2 Å². The molecular formula is C12H17N3O2. The van der Waals surface area contributed by atoms with E-state index in [0.717, 1.165) is 25.1 Å². The molecule has 0 aromatic carbocycles. The molecule has 1 heterocycles. The van der Waals surface area contributed by atoms with Crippen LogP contribution in [0.1, 0.15) is 56.7 Å². The van der Waals surface area contributed by atoms with E-state index in [-0.39, 0.29) is 0 Å². The van der Waals surface area contributed by atoms with Crippen molar-refractivity contribution in [3.63, 3.8) is 0 Å². The molecule has 2 saturated carbocycles. The molecule has 1 aromatic rings. The lowest BCUT2D eigenvalue weighted by Crippen LogP contribution is -2.48. The third kappa shape index (κ3) is 1.48. The molecule has 17 heavy (non-hydrogen) atoms. The van der Waals surface area contributed by atoms with E-state index in [9.17, 15) is 9.90 Å². The Hall–Kier alpha value is -1.39. The van der Waals surface area contributed by atoms with Gasteiger partial charge in [0.2, 0.25) is 0 Å². The first-order chi connectivity index (χ1) is 8.24. The predicted octanol–water partition coefficient (Wildman–Crippen LogP) is 1.90. The molecule has 0 unspecified atom stereocenters. The summed E-state index contributed by atoms with van der Waals surface area (Å²) in [5.41, 5.74) is -0.749. The molecule has 5 nitrogen and oxygen atoms in total. The third-order valence-electron chi connectivity index (χ3n) is 4.33. The molecule has 2 fully saturated rings. The standard InChI is InChI=1S/C12H17N3O2/c16-11(17)12(6-3-7-12)15-8-13-14-10(15)9-4-1-2-5-9/h8-9H,1-7H2,(H,16,17). The molecule has 0 radical (unpaired) electrons. The summed E-state index contributed by atoms with van der Waals surface area (Å²) in [7, 11) is 0. The molecule has 0 aliphatic heterocycles. The minimum Gasteiger partial charge on any atom is -0.479 e. The lowest BCUT2D eigenvalue weighted by Gasteiger charge is -2.39. The van der Waals surface area contributed by atoms with Crippen molar-refractivity contribution in [2.24, 2.45) is 0 Å². The first kappa shape index (κ1) is 10.7. The second-order valence-electron chi connectivity index (χ2n) is 5.23. The van der Waals surface area contributed by atoms with Crippen molar-refractivity contribution in [1.82, 2.24) is 14.8 Å². The zero-order valence-corrected chi connectivity index (χ0v) is 9.80. The minimum atomic E-state index is -0.749. The van der Waals surface area contributed by atoms with E-state index in [1.165, 1.54) is 12.8 Å². The minimum absolute atomic E-state index is 0.411. The summed E-state index contributed by atoms with van der Waals surface area (Å²) < 4.78 is 1.84. The van der Waals surface area contributed by atoms with E-state index in [1.807, 2.05) is 4.57 Å². The largest absolute Gasteiger partial charge is 0.479 e. The van der Waals surface area contributed by atoms with Crippen LogP contribution in [-0.4, -0.2) is 25.8 Å². The zero-order valence-electron chi connectivity index (χ0n) is 9.80. The maximum atomic E-state index is 11.5. The monoisotopic (exact) mass is 235 g/mol. The van der Waals surface area contributed by atoms with Gasteiger partial charge < -0.3 is 9.67 Å². The van der Waals surface area contributed by atoms with Crippen molar-refractivity contribution in [2.45, 2.75) is 56.4 Å². The molecule has 0 bridgehead atoms. The van der Waals surface area contributed by atoms with Gasteiger partial charge in [-0.2, -0.15) is 0 Å². The lowest BCUT2D eigenvalue weighted by atomic mass is 9.76. The highest BCUT2D eigenvalue weighted by atomic mass is 16.4. The van der Waals surface area contributed by atoms with Crippen LogP contribution in [0.3, 0.4) is 0 Å². The predicted molar refractivity (Wildman–Crippen MR) is 60.7 cm³/mol. The van der Waals surface area contributed by atoms with Crippen molar-refractivity contribution >= 4 is 5.97 Å². The highest BCUT2D eigenvalue weighted by Gasteiger charge is 2.48. The molecular weight excluding hydrogens is 218 g/mol. The number of carbonyl (C=O) groups is 1. The maximum absolute atomic E-state index is 11.5. The van der Waals surface area contributed by atoms with E-state index in [0.29, 0.717) is 18.8 Å². The second-order valence-corrected chi connectivity index (χ2v) is 5.23. The molecule has 5 heteroatoms. The van der Waals surface area contributed by atoms with Crippen LogP contribution in [0.4, 0.5) is 0 Å². The van der Waals surface area contributed by atoms with E-state index in [1.54, 1.807) is 6.33 Å². The Bertz CT molecular complexity index is 431. The summed E-state index contributed by atoms with van der Waals surface area (Å²) in [5, 5.41) is 17.6. The first-order valence-electron chi connectivity index (χ1n) is 6.38. The van der Waals surface area contributed by atoms with Gasteiger partial charge >= 0.3 is 5.97 Å². The fraction of sp³-hybridized carbons (Fsp3) is 0.750. The summed E-state index contributed by atoms with van der Waals surface area (Å²) in [6.07, 6.45) is 8.69. The third-order valence-corrected chi connectivity index (χ3v) is 4.33. The number of carboxylic acids is 1. The highest BCUT2D eigenvalue weighted by Crippen LogP contribution is 2.43. The van der Waals surface area contributed by atoms with Gasteiger partial charge in [-0.1, -0.05) is 12.8 Å². The number of hydrogen-bond donors (Lipinski definition) is 1. The Balaban J connectivity index is 1.97. The molecule has 2 aliphatic rings. The Kier molecular flexibility index (Phi) is 2.42. The molecule has 92 valence electrons. The summed E-state index contributed by atoms with van der Waals surface area (Å²) in [4.78, 5) is 11.5. The number of rotatable bonds is 3. The lowest BCUT2D eigenvalue weighted by molar-refractivity contribution is -0.152. The van der Waals surface area contributed by atoms with E-state index in [4.69, 9.17) is 0 Å². The molecule has 2 aliphatic carbocycles. The number of aliphatic carboxylic acids is 1. The quantitative estimate of drug-likeness (QED) is 0.868. The van der Waals surface area contributed by atoms with Crippen LogP contribution in [0.15, 0.2) is 6.33 Å². The van der Waals surface area contributed by atoms with Gasteiger partial charge in [0.1, 0.15) is 17.7 Å². The van der Waals surface area contributed by atoms with Gasteiger partial charge in [0, 0.05) is 5.92 Å². The summed E-state index contributed by atoms with van der Waals surface area (Å²) in [5.74, 6) is 0.571. The van der Waals surface area contributed by atoms with Crippen LogP contribution in [0.5, 0.6) is 0 Å². The van der Waals surface area contributed by atoms with Crippen molar-refractivity contribution in [2.75, 3.05) is 0 Å². The van der Waals surface area contributed by atoms with Crippen LogP contribution < -0.4 is 0 Å². The fourth-order valence-corrected chi connectivity index (χ4v) is 3.11. The van der Waals surface area contributed by atoms with Crippen molar-refractivity contribution in [3.05, 3.63) is 12.2 Å². The normalized spacial score (nSPS) is 23.5. The van der Waals surface area contributed by atoms with Gasteiger partial charge in [-0.25, -0.2) is 4.79 Å². The summed E-state index contributed by atoms with van der Waals surface area (Å²) >= 11 is 0. The number of hydrogen-bond acceptors (Lipinski definition) is 3. The summed E-state index contributed by atoms with van der Waals surface area (Å²) in [6, 6.07) is 0. The van der Waals surface area contributed by atoms with Gasteiger partial charge in [0.05, 0.1) is 0 Å². The topological polar surface area (TPSA) is 68.0 Å². The Morgan fingerprint density at radius 3 is 2.59 bits per heavy atom. The number of carboxylic acid groups (broad SMARTS) is 1. The zero-order chi connectivity index (χ0) is 11.9. The Morgan fingerprint density at radius 2 is 2.06 bits per heavy atom. The van der Waals surface area contributed by atoms with Gasteiger partial charge in [0.25, 0.3) is 0 Å². The highest BCUT2D eigenvalue weighted by molar-refractivity contribution is 5.78. The molecule has 1 N–H and O–H groups in total. The molecule has 1 aromatic heterocycles. The molecule has 0 saturated heterocycles. The number of nitrogens with zero attached hydrogens (tertiary/aromatic N) is 3. The molecule has 3 rings (SSSR count). The second kappa shape index (κ2) is 3.82. The van der Waals surface area contributed by atoms with Crippen LogP contribution >= 0.6 is 0 Å².